The van der Waals surface area contributed by atoms with Crippen LogP contribution in [0.3, 0.4) is 0 Å². The Balaban J connectivity index is 2.01. The standard InChI is InChI=1S/C27H21F4NO2/c1-2-34-24(33)18-22(27(29,30)31)17-16-19-14-9-15-23(25(19)28)32-26(20-10-5-3-6-11-20)21-12-7-4-8-13-21/h3-15,22H,2,18H2,1H3. The number of nitrogens with zero attached hydrogens (tertiary/aromatic N) is 1. The van der Waals surface area contributed by atoms with Crippen LogP contribution >= 0.6 is 0 Å². The van der Waals surface area contributed by atoms with Gasteiger partial charge >= 0.3 is 12.1 Å². The third-order valence-corrected chi connectivity index (χ3v) is 4.76. The van der Waals surface area contributed by atoms with E-state index in [0.717, 1.165) is 11.1 Å². The predicted molar refractivity (Wildman–Crippen MR) is 122 cm³/mol. The van der Waals surface area contributed by atoms with Gasteiger partial charge in [-0.3, -0.25) is 4.79 Å². The number of rotatable bonds is 6. The fourth-order valence-corrected chi connectivity index (χ4v) is 3.11. The van der Waals surface area contributed by atoms with E-state index in [1.165, 1.54) is 25.1 Å². The summed E-state index contributed by atoms with van der Waals surface area (Å²) in [6.45, 7) is 1.45. The monoisotopic (exact) mass is 467 g/mol. The largest absolute Gasteiger partial charge is 0.466 e. The summed E-state index contributed by atoms with van der Waals surface area (Å²) in [6.07, 6.45) is -5.73. The smallest absolute Gasteiger partial charge is 0.402 e. The Hall–Kier alpha value is -3.92. The number of alkyl halides is 3. The molecule has 0 fully saturated rings. The number of carbonyl (C=O) groups excluding carboxylic acids is 1. The van der Waals surface area contributed by atoms with E-state index in [1.807, 2.05) is 66.6 Å². The van der Waals surface area contributed by atoms with Gasteiger partial charge in [-0.2, -0.15) is 13.2 Å². The first kappa shape index (κ1) is 24.7. The van der Waals surface area contributed by atoms with Crippen molar-refractivity contribution in [3.05, 3.63) is 101 Å². The summed E-state index contributed by atoms with van der Waals surface area (Å²) in [4.78, 5) is 16.0. The average molecular weight is 467 g/mol. The van der Waals surface area contributed by atoms with Crippen LogP contribution in [0.2, 0.25) is 0 Å². The van der Waals surface area contributed by atoms with Gasteiger partial charge in [-0.05, 0) is 19.1 Å². The molecule has 3 aromatic carbocycles. The molecule has 34 heavy (non-hydrogen) atoms. The average Bonchev–Trinajstić information content (AvgIpc) is 2.82. The van der Waals surface area contributed by atoms with E-state index >= 15 is 4.39 Å². The van der Waals surface area contributed by atoms with E-state index in [-0.39, 0.29) is 17.9 Å². The minimum absolute atomic E-state index is 0.0450. The minimum atomic E-state index is -4.76. The molecule has 3 rings (SSSR count). The van der Waals surface area contributed by atoms with Gasteiger partial charge in [0.1, 0.15) is 11.6 Å². The van der Waals surface area contributed by atoms with Crippen LogP contribution in [0.25, 0.3) is 0 Å². The Morgan fingerprint density at radius 2 is 1.53 bits per heavy atom. The molecule has 0 radical (unpaired) electrons. The summed E-state index contributed by atoms with van der Waals surface area (Å²) in [5, 5.41) is 0. The van der Waals surface area contributed by atoms with Crippen molar-refractivity contribution in [1.29, 1.82) is 0 Å². The summed E-state index contributed by atoms with van der Waals surface area (Å²) in [7, 11) is 0. The molecule has 0 spiro atoms. The van der Waals surface area contributed by atoms with Gasteiger partial charge in [0.25, 0.3) is 0 Å². The molecule has 0 aliphatic rings. The zero-order valence-corrected chi connectivity index (χ0v) is 18.3. The number of esters is 1. The van der Waals surface area contributed by atoms with Gasteiger partial charge in [-0.1, -0.05) is 78.6 Å². The molecule has 0 aliphatic carbocycles. The number of benzene rings is 3. The highest BCUT2D eigenvalue weighted by Gasteiger charge is 2.40. The van der Waals surface area contributed by atoms with Crippen molar-refractivity contribution in [2.24, 2.45) is 10.9 Å². The lowest BCUT2D eigenvalue weighted by atomic mass is 10.0. The molecule has 0 amide bonds. The van der Waals surface area contributed by atoms with Crippen LogP contribution in [0.5, 0.6) is 0 Å². The van der Waals surface area contributed by atoms with E-state index < -0.39 is 30.3 Å². The zero-order valence-electron chi connectivity index (χ0n) is 18.3. The molecular formula is C27H21F4NO2. The quantitative estimate of drug-likeness (QED) is 0.180. The first-order chi connectivity index (χ1) is 16.3. The molecule has 174 valence electrons. The lowest BCUT2D eigenvalue weighted by molar-refractivity contribution is -0.171. The highest BCUT2D eigenvalue weighted by molar-refractivity contribution is 6.13. The fourth-order valence-electron chi connectivity index (χ4n) is 3.11. The number of aliphatic imine (C=N–C) groups is 1. The van der Waals surface area contributed by atoms with Crippen molar-refractivity contribution in [3.63, 3.8) is 0 Å². The number of carbonyl (C=O) groups is 1. The van der Waals surface area contributed by atoms with Gasteiger partial charge in [0.05, 0.1) is 24.3 Å². The summed E-state index contributed by atoms with van der Waals surface area (Å²) < 4.78 is 59.8. The van der Waals surface area contributed by atoms with E-state index in [4.69, 9.17) is 0 Å². The molecule has 3 aromatic rings. The molecule has 1 atom stereocenters. The zero-order chi connectivity index (χ0) is 24.6. The molecule has 0 saturated carbocycles. The Morgan fingerprint density at radius 3 is 2.06 bits per heavy atom. The predicted octanol–water partition coefficient (Wildman–Crippen LogP) is 6.48. The summed E-state index contributed by atoms with van der Waals surface area (Å²) in [6, 6.07) is 22.5. The molecule has 7 heteroatoms. The second-order valence-corrected chi connectivity index (χ2v) is 7.20. The van der Waals surface area contributed by atoms with Gasteiger partial charge in [0.2, 0.25) is 0 Å². The topological polar surface area (TPSA) is 38.7 Å². The Morgan fingerprint density at radius 1 is 0.941 bits per heavy atom. The van der Waals surface area contributed by atoms with Crippen molar-refractivity contribution in [1.82, 2.24) is 0 Å². The Kier molecular flexibility index (Phi) is 8.20. The number of halogens is 4. The fraction of sp³-hybridized carbons (Fsp3) is 0.185. The lowest BCUT2D eigenvalue weighted by Gasteiger charge is -2.13. The Bertz CT molecular complexity index is 1170. The van der Waals surface area contributed by atoms with E-state index in [1.54, 1.807) is 0 Å². The van der Waals surface area contributed by atoms with Gasteiger partial charge in [0, 0.05) is 11.1 Å². The second-order valence-electron chi connectivity index (χ2n) is 7.20. The first-order valence-electron chi connectivity index (χ1n) is 10.5. The molecule has 3 nitrogen and oxygen atoms in total. The summed E-state index contributed by atoms with van der Waals surface area (Å²) in [5.41, 5.74) is 1.68. The van der Waals surface area contributed by atoms with Crippen LogP contribution in [0, 0.1) is 23.6 Å². The highest BCUT2D eigenvalue weighted by Crippen LogP contribution is 2.29. The maximum absolute atomic E-state index is 15.2. The Labute approximate surface area is 195 Å². The normalized spacial score (nSPS) is 11.7. The van der Waals surface area contributed by atoms with E-state index in [0.29, 0.717) is 5.71 Å². The molecule has 0 bridgehead atoms. The number of hydrogen-bond donors (Lipinski definition) is 0. The van der Waals surface area contributed by atoms with Crippen LogP contribution in [0.1, 0.15) is 30.0 Å². The molecule has 0 N–H and O–H groups in total. The van der Waals surface area contributed by atoms with Gasteiger partial charge < -0.3 is 4.74 Å². The summed E-state index contributed by atoms with van der Waals surface area (Å²) >= 11 is 0. The van der Waals surface area contributed by atoms with Crippen LogP contribution in [0.15, 0.2) is 83.9 Å². The second kappa shape index (κ2) is 11.3. The van der Waals surface area contributed by atoms with Crippen molar-refractivity contribution in [3.8, 4) is 11.8 Å². The van der Waals surface area contributed by atoms with Gasteiger partial charge in [0.15, 0.2) is 5.82 Å². The third kappa shape index (κ3) is 6.55. The molecule has 0 saturated heterocycles. The third-order valence-electron chi connectivity index (χ3n) is 4.76. The maximum Gasteiger partial charge on any atom is 0.402 e. The van der Waals surface area contributed by atoms with Crippen molar-refractivity contribution < 1.29 is 27.1 Å². The van der Waals surface area contributed by atoms with Gasteiger partial charge in [-0.25, -0.2) is 9.38 Å². The molecule has 1 unspecified atom stereocenters. The first-order valence-corrected chi connectivity index (χ1v) is 10.5. The molecule has 0 heterocycles. The van der Waals surface area contributed by atoms with Crippen molar-refractivity contribution in [2.45, 2.75) is 19.5 Å². The van der Waals surface area contributed by atoms with E-state index in [2.05, 4.69) is 15.6 Å². The summed E-state index contributed by atoms with van der Waals surface area (Å²) in [5.74, 6) is 0.0777. The van der Waals surface area contributed by atoms with Crippen molar-refractivity contribution >= 4 is 17.4 Å². The molecular weight excluding hydrogens is 446 g/mol. The van der Waals surface area contributed by atoms with Crippen LogP contribution < -0.4 is 0 Å². The van der Waals surface area contributed by atoms with Crippen molar-refractivity contribution in [2.75, 3.05) is 6.61 Å². The van der Waals surface area contributed by atoms with Crippen LogP contribution in [-0.2, 0) is 9.53 Å². The molecule has 0 aliphatic heterocycles. The SMILES string of the molecule is CCOC(=O)CC(C#Cc1cccc(N=C(c2ccccc2)c2ccccc2)c1F)C(F)(F)F. The number of hydrogen-bond acceptors (Lipinski definition) is 3. The van der Waals surface area contributed by atoms with Crippen LogP contribution in [-0.4, -0.2) is 24.5 Å². The minimum Gasteiger partial charge on any atom is -0.466 e. The lowest BCUT2D eigenvalue weighted by Crippen LogP contribution is -2.25. The maximum atomic E-state index is 15.2. The van der Waals surface area contributed by atoms with Crippen LogP contribution in [0.4, 0.5) is 23.2 Å². The van der Waals surface area contributed by atoms with E-state index in [9.17, 15) is 18.0 Å². The highest BCUT2D eigenvalue weighted by atomic mass is 19.4. The van der Waals surface area contributed by atoms with Gasteiger partial charge in [-0.15, -0.1) is 0 Å². The molecule has 0 aromatic heterocycles. The number of ether oxygens (including phenoxy) is 1.